The van der Waals surface area contributed by atoms with Crippen LogP contribution in [0.15, 0.2) is 29.0 Å². The first-order valence-corrected chi connectivity index (χ1v) is 3.54. The van der Waals surface area contributed by atoms with E-state index in [4.69, 9.17) is 0 Å². The molecule has 0 N–H and O–H groups in total. The van der Waals surface area contributed by atoms with Crippen LogP contribution in [0.3, 0.4) is 0 Å². The van der Waals surface area contributed by atoms with Crippen molar-refractivity contribution in [2.45, 2.75) is 13.3 Å². The maximum Gasteiger partial charge on any atom is 0.251 e. The Bertz CT molecular complexity index is 299. The zero-order chi connectivity index (χ0) is 7.84. The molecule has 0 atom stereocenters. The minimum absolute atomic E-state index is 0.0590. The molecule has 1 amide bonds. The van der Waals surface area contributed by atoms with Crippen molar-refractivity contribution in [1.29, 1.82) is 0 Å². The van der Waals surface area contributed by atoms with E-state index >= 15 is 0 Å². The fourth-order valence-electron chi connectivity index (χ4n) is 1.16. The Morgan fingerprint density at radius 1 is 1.55 bits per heavy atom. The highest BCUT2D eigenvalue weighted by Crippen LogP contribution is 2.20. The van der Waals surface area contributed by atoms with E-state index in [1.54, 1.807) is 0 Å². The zero-order valence-corrected chi connectivity index (χ0v) is 6.24. The second kappa shape index (κ2) is 2.05. The third-order valence-electron chi connectivity index (χ3n) is 1.72. The number of nitrogens with zero attached hydrogens (tertiary/aromatic N) is 2. The van der Waals surface area contributed by atoms with Gasteiger partial charge in [-0.05, 0) is 25.2 Å². The standard InChI is InChI=1S/C8H8N2O/c1-6-2-3-7-4-5-8(11)10(7)9-6/h2-4H,5H2,1H3. The lowest BCUT2D eigenvalue weighted by Crippen LogP contribution is -2.21. The molecule has 2 heterocycles. The molecule has 0 aliphatic carbocycles. The van der Waals surface area contributed by atoms with Gasteiger partial charge < -0.3 is 0 Å². The highest BCUT2D eigenvalue weighted by Gasteiger charge is 2.22. The number of carbonyl (C=O) groups is 1. The second-order valence-electron chi connectivity index (χ2n) is 2.61. The molecular weight excluding hydrogens is 140 g/mol. The summed E-state index contributed by atoms with van der Waals surface area (Å²) in [6.45, 7) is 1.87. The molecule has 3 nitrogen and oxygen atoms in total. The van der Waals surface area contributed by atoms with Crippen molar-refractivity contribution < 1.29 is 4.79 Å². The molecule has 2 aliphatic heterocycles. The maximum absolute atomic E-state index is 11.1. The van der Waals surface area contributed by atoms with Gasteiger partial charge in [0.25, 0.3) is 5.91 Å². The van der Waals surface area contributed by atoms with Crippen molar-refractivity contribution >= 4 is 11.6 Å². The molecule has 56 valence electrons. The Morgan fingerprint density at radius 3 is 3.18 bits per heavy atom. The van der Waals surface area contributed by atoms with Gasteiger partial charge in [-0.1, -0.05) is 0 Å². The SMILES string of the molecule is CC1=NN2C(=O)CC=C2C=C1. The van der Waals surface area contributed by atoms with Gasteiger partial charge in [-0.15, -0.1) is 0 Å². The van der Waals surface area contributed by atoms with Crippen molar-refractivity contribution in [3.05, 3.63) is 23.9 Å². The molecule has 0 saturated carbocycles. The molecule has 0 unspecified atom stereocenters. The fraction of sp³-hybridized carbons (Fsp3) is 0.250. The third kappa shape index (κ3) is 0.888. The van der Waals surface area contributed by atoms with Gasteiger partial charge in [0.1, 0.15) is 0 Å². The van der Waals surface area contributed by atoms with Gasteiger partial charge in [-0.2, -0.15) is 5.10 Å². The lowest BCUT2D eigenvalue weighted by atomic mass is 10.3. The first-order valence-electron chi connectivity index (χ1n) is 3.54. The lowest BCUT2D eigenvalue weighted by molar-refractivity contribution is -0.127. The Balaban J connectivity index is 2.39. The third-order valence-corrected chi connectivity index (χ3v) is 1.72. The van der Waals surface area contributed by atoms with Crippen molar-refractivity contribution in [3.8, 4) is 0 Å². The fourth-order valence-corrected chi connectivity index (χ4v) is 1.16. The predicted octanol–water partition coefficient (Wildman–Crippen LogP) is 1.05. The van der Waals surface area contributed by atoms with Crippen LogP contribution < -0.4 is 0 Å². The molecular formula is C8H8N2O. The number of hydrogen-bond donors (Lipinski definition) is 0. The van der Waals surface area contributed by atoms with E-state index < -0.39 is 0 Å². The molecule has 0 radical (unpaired) electrons. The van der Waals surface area contributed by atoms with Crippen LogP contribution in [-0.4, -0.2) is 16.6 Å². The van der Waals surface area contributed by atoms with Crippen LogP contribution in [0.4, 0.5) is 0 Å². The Morgan fingerprint density at radius 2 is 2.36 bits per heavy atom. The van der Waals surface area contributed by atoms with E-state index in [1.807, 2.05) is 25.2 Å². The first-order chi connectivity index (χ1) is 5.27. The molecule has 2 rings (SSSR count). The van der Waals surface area contributed by atoms with Gasteiger partial charge >= 0.3 is 0 Å². The normalized spacial score (nSPS) is 21.5. The van der Waals surface area contributed by atoms with Crippen LogP contribution in [0.2, 0.25) is 0 Å². The number of rotatable bonds is 0. The zero-order valence-electron chi connectivity index (χ0n) is 6.24. The molecule has 3 heteroatoms. The summed E-state index contributed by atoms with van der Waals surface area (Å²) < 4.78 is 0. The van der Waals surface area contributed by atoms with Gasteiger partial charge in [0.2, 0.25) is 0 Å². The summed E-state index contributed by atoms with van der Waals surface area (Å²) in [5.41, 5.74) is 1.78. The van der Waals surface area contributed by atoms with Gasteiger partial charge in [-0.3, -0.25) is 4.79 Å². The van der Waals surface area contributed by atoms with Crippen LogP contribution in [0.1, 0.15) is 13.3 Å². The van der Waals surface area contributed by atoms with E-state index in [1.165, 1.54) is 5.01 Å². The smallest absolute Gasteiger partial charge is 0.251 e. The van der Waals surface area contributed by atoms with Gasteiger partial charge in [0, 0.05) is 6.42 Å². The molecule has 0 fully saturated rings. The van der Waals surface area contributed by atoms with Crippen molar-refractivity contribution in [2.24, 2.45) is 5.10 Å². The van der Waals surface area contributed by atoms with Gasteiger partial charge in [-0.25, -0.2) is 5.01 Å². The number of fused-ring (bicyclic) bond motifs is 1. The second-order valence-corrected chi connectivity index (χ2v) is 2.61. The monoisotopic (exact) mass is 148 g/mol. The van der Waals surface area contributed by atoms with E-state index in [0.717, 1.165) is 11.4 Å². The van der Waals surface area contributed by atoms with E-state index in [0.29, 0.717) is 6.42 Å². The van der Waals surface area contributed by atoms with Crippen LogP contribution in [-0.2, 0) is 4.79 Å². The van der Waals surface area contributed by atoms with Crippen LogP contribution in [0.25, 0.3) is 0 Å². The van der Waals surface area contributed by atoms with Gasteiger partial charge in [0.05, 0.1) is 11.4 Å². The average molecular weight is 148 g/mol. The number of carbonyl (C=O) groups excluding carboxylic acids is 1. The largest absolute Gasteiger partial charge is 0.272 e. The molecule has 11 heavy (non-hydrogen) atoms. The number of hydrogen-bond acceptors (Lipinski definition) is 2. The topological polar surface area (TPSA) is 32.7 Å². The summed E-state index contributed by atoms with van der Waals surface area (Å²) in [5, 5.41) is 5.52. The quantitative estimate of drug-likeness (QED) is 0.505. The number of allylic oxidation sites excluding steroid dienone is 2. The van der Waals surface area contributed by atoms with Crippen molar-refractivity contribution in [2.75, 3.05) is 0 Å². The summed E-state index contributed by atoms with van der Waals surface area (Å²) in [4.78, 5) is 11.1. The Labute approximate surface area is 64.7 Å². The summed E-state index contributed by atoms with van der Waals surface area (Å²) in [5.74, 6) is 0.0590. The first kappa shape index (κ1) is 6.34. The van der Waals surface area contributed by atoms with Crippen molar-refractivity contribution in [3.63, 3.8) is 0 Å². The summed E-state index contributed by atoms with van der Waals surface area (Å²) in [7, 11) is 0. The van der Waals surface area contributed by atoms with Crippen LogP contribution in [0, 0.1) is 0 Å². The number of hydrazone groups is 1. The minimum Gasteiger partial charge on any atom is -0.272 e. The molecule has 2 aliphatic rings. The molecule has 0 aromatic carbocycles. The van der Waals surface area contributed by atoms with E-state index in [9.17, 15) is 4.79 Å². The van der Waals surface area contributed by atoms with Crippen LogP contribution in [0.5, 0.6) is 0 Å². The minimum atomic E-state index is 0.0590. The lowest BCUT2D eigenvalue weighted by Gasteiger charge is -2.15. The van der Waals surface area contributed by atoms with Crippen LogP contribution >= 0.6 is 0 Å². The highest BCUT2D eigenvalue weighted by atomic mass is 16.2. The summed E-state index contributed by atoms with van der Waals surface area (Å²) in [6.07, 6.45) is 6.18. The summed E-state index contributed by atoms with van der Waals surface area (Å²) >= 11 is 0. The average Bonchev–Trinajstić information content (AvgIpc) is 2.33. The number of amides is 1. The maximum atomic E-state index is 11.1. The predicted molar refractivity (Wildman–Crippen MR) is 41.8 cm³/mol. The van der Waals surface area contributed by atoms with Crippen molar-refractivity contribution in [1.82, 2.24) is 5.01 Å². The Kier molecular flexibility index (Phi) is 1.18. The molecule has 0 spiro atoms. The molecule has 0 aromatic heterocycles. The Hall–Kier alpha value is -1.38. The van der Waals surface area contributed by atoms with E-state index in [2.05, 4.69) is 5.10 Å². The van der Waals surface area contributed by atoms with Gasteiger partial charge in [0.15, 0.2) is 0 Å². The molecule has 0 bridgehead atoms. The van der Waals surface area contributed by atoms with E-state index in [-0.39, 0.29) is 5.91 Å². The molecule has 0 saturated heterocycles. The highest BCUT2D eigenvalue weighted by molar-refractivity contribution is 5.97. The molecule has 0 aromatic rings. The summed E-state index contributed by atoms with van der Waals surface area (Å²) in [6, 6.07) is 0.